The van der Waals surface area contributed by atoms with Gasteiger partial charge in [-0.1, -0.05) is 52.8 Å². The second-order valence-corrected chi connectivity index (χ2v) is 18.4. The number of aromatic nitrogens is 1. The number of ketones is 1. The molecule has 8 rings (SSSR count). The Morgan fingerprint density at radius 2 is 1.67 bits per heavy atom. The summed E-state index contributed by atoms with van der Waals surface area (Å²) in [7, 11) is 1.44. The van der Waals surface area contributed by atoms with E-state index in [0.717, 1.165) is 26.1 Å². The minimum Gasteiger partial charge on any atom is -0.507 e. The van der Waals surface area contributed by atoms with Gasteiger partial charge in [0.25, 0.3) is 11.7 Å². The van der Waals surface area contributed by atoms with Gasteiger partial charge in [0.2, 0.25) is 5.43 Å². The van der Waals surface area contributed by atoms with Crippen molar-refractivity contribution in [3.8, 4) is 28.7 Å². The molecule has 6 aliphatic rings. The lowest BCUT2D eigenvalue weighted by Gasteiger charge is -2.38. The monoisotopic (exact) mass is 926 g/mol. The van der Waals surface area contributed by atoms with Crippen LogP contribution in [0.15, 0.2) is 57.5 Å². The van der Waals surface area contributed by atoms with E-state index in [9.17, 15) is 39.6 Å². The highest BCUT2D eigenvalue weighted by Gasteiger charge is 2.50. The van der Waals surface area contributed by atoms with Gasteiger partial charge < -0.3 is 54.0 Å². The number of amides is 1. The van der Waals surface area contributed by atoms with Gasteiger partial charge in [0.15, 0.2) is 11.3 Å². The Kier molecular flexibility index (Phi) is 14.1. The summed E-state index contributed by atoms with van der Waals surface area (Å²) in [4.78, 5) is 65.4. The number of nitrogens with one attached hydrogen (secondary N) is 1. The first-order valence-electron chi connectivity index (χ1n) is 22.8. The number of phenols is 2. The van der Waals surface area contributed by atoms with E-state index >= 15 is 0 Å². The van der Waals surface area contributed by atoms with E-state index in [-0.39, 0.29) is 67.2 Å². The van der Waals surface area contributed by atoms with E-state index < -0.39 is 82.7 Å². The van der Waals surface area contributed by atoms with Gasteiger partial charge in [-0.15, -0.1) is 0 Å². The molecule has 1 aliphatic carbocycles. The summed E-state index contributed by atoms with van der Waals surface area (Å²) in [6.07, 6.45) is 4.52. The fourth-order valence-electron chi connectivity index (χ4n) is 9.60. The maximum absolute atomic E-state index is 14.9. The lowest BCUT2D eigenvalue weighted by molar-refractivity contribution is -0.160. The summed E-state index contributed by atoms with van der Waals surface area (Å²) in [5, 5.41) is 48.7. The molecule has 17 nitrogen and oxygen atoms in total. The first-order valence-corrected chi connectivity index (χ1v) is 22.8. The molecule has 1 amide bonds. The van der Waals surface area contributed by atoms with Crippen LogP contribution in [-0.4, -0.2) is 118 Å². The highest BCUT2D eigenvalue weighted by atomic mass is 16.7. The highest BCUT2D eigenvalue weighted by Crippen LogP contribution is 2.51. The van der Waals surface area contributed by atoms with Gasteiger partial charge in [-0.2, -0.15) is 0 Å². The number of allylic oxidation sites excluding steroid dienone is 2. The molecule has 2 aromatic rings. The topological polar surface area (TPSA) is 231 Å². The number of ether oxygens (including phenoxy) is 4. The van der Waals surface area contributed by atoms with Gasteiger partial charge >= 0.3 is 11.8 Å². The Bertz CT molecular complexity index is 2700. The number of carbonyl (C=O) groups is 3. The lowest BCUT2D eigenvalue weighted by atomic mass is 9.78. The summed E-state index contributed by atoms with van der Waals surface area (Å²) in [5.74, 6) is -7.81. The maximum Gasteiger partial charge on any atom is 0.312 e. The number of esters is 1. The lowest BCUT2D eigenvalue weighted by Crippen LogP contribution is -2.46. The van der Waals surface area contributed by atoms with Gasteiger partial charge in [0.05, 0.1) is 35.5 Å². The van der Waals surface area contributed by atoms with Crippen LogP contribution in [0.4, 0.5) is 11.4 Å². The third-order valence-electron chi connectivity index (χ3n) is 13.7. The molecule has 0 saturated carbocycles. The van der Waals surface area contributed by atoms with E-state index in [0.29, 0.717) is 18.8 Å². The van der Waals surface area contributed by atoms with Gasteiger partial charge in [0, 0.05) is 105 Å². The molecule has 17 heteroatoms. The number of aliphatic hydroxyl groups is 2. The quantitative estimate of drug-likeness (QED) is 0.0854. The average molecular weight is 927 g/mol. The maximum atomic E-state index is 14.9. The van der Waals surface area contributed by atoms with Crippen molar-refractivity contribution in [3.63, 3.8) is 0 Å². The number of anilines is 2. The molecule has 5 bridgehead atoms. The molecule has 5 aliphatic heterocycles. The van der Waals surface area contributed by atoms with Crippen molar-refractivity contribution in [3.05, 3.63) is 69.6 Å². The van der Waals surface area contributed by atoms with Gasteiger partial charge in [-0.25, -0.2) is 4.98 Å². The molecular weight excluding hydrogens is 865 g/mol. The molecule has 5 N–H and O–H groups in total. The van der Waals surface area contributed by atoms with Crippen LogP contribution in [0.5, 0.6) is 17.2 Å². The summed E-state index contributed by atoms with van der Waals surface area (Å²) < 4.78 is 30.4. The van der Waals surface area contributed by atoms with Crippen LogP contribution in [0.1, 0.15) is 77.7 Å². The predicted octanol–water partition coefficient (Wildman–Crippen LogP) is 6.19. The number of hydrogen-bond donors (Lipinski definition) is 5. The fraction of sp³-hybridized carbons (Fsp3) is 0.500. The summed E-state index contributed by atoms with van der Waals surface area (Å²) in [5.41, 5.74) is -0.635. The third kappa shape index (κ3) is 9.09. The first kappa shape index (κ1) is 48.9. The summed E-state index contributed by atoms with van der Waals surface area (Å²) >= 11 is 0. The number of aromatic hydroxyl groups is 2. The number of methoxy groups -OCH3 is 1. The smallest absolute Gasteiger partial charge is 0.312 e. The molecular formula is C50H62N4O13. The zero-order valence-electron chi connectivity index (χ0n) is 39.7. The predicted molar refractivity (Wildman–Crippen MR) is 252 cm³/mol. The zero-order chi connectivity index (χ0) is 48.8. The normalized spacial score (nSPS) is 29.7. The number of nitrogens with zero attached hydrogens (tertiary/aromatic N) is 3. The number of phenolic OH excluding ortho intramolecular Hbond substituents is 2. The van der Waals surface area contributed by atoms with E-state index in [1.54, 1.807) is 52.0 Å². The van der Waals surface area contributed by atoms with Crippen molar-refractivity contribution in [1.29, 1.82) is 0 Å². The van der Waals surface area contributed by atoms with Crippen LogP contribution in [0.3, 0.4) is 0 Å². The molecule has 5 heterocycles. The zero-order valence-corrected chi connectivity index (χ0v) is 39.7. The number of rotatable bonds is 5. The minimum absolute atomic E-state index is 0.00571. The van der Waals surface area contributed by atoms with Crippen LogP contribution in [0, 0.1) is 30.6 Å². The van der Waals surface area contributed by atoms with Gasteiger partial charge in [0.1, 0.15) is 40.3 Å². The molecule has 1 saturated heterocycles. The Morgan fingerprint density at radius 3 is 2.33 bits per heavy atom. The number of piperazine rings is 1. The van der Waals surface area contributed by atoms with Crippen LogP contribution in [0.2, 0.25) is 0 Å². The average Bonchev–Trinajstić information content (AvgIpc) is 3.56. The van der Waals surface area contributed by atoms with Crippen molar-refractivity contribution in [2.24, 2.45) is 23.7 Å². The number of fused-ring (bicyclic) bond motifs is 14. The number of benzene rings is 3. The molecule has 9 atom stereocenters. The SMILES string of the molecule is CCCN1CCN(c2cc(O)c3nc4c5c6c7c(C)c(O)c5c(=O)c(c-4oc3c2)NC(=O)/C(C)=C\C=C\[C@H](C)[C@H](O)[C@@H](C)[C@@H](O)[C@@H](C)[C@H](OC(C)=O)[C@H](C)[C@@H](OC)/C=C/O[C@@](C)(O7)C6=O)CC1. The van der Waals surface area contributed by atoms with Crippen molar-refractivity contribution < 1.29 is 58.2 Å². The first-order chi connectivity index (χ1) is 31.7. The van der Waals surface area contributed by atoms with E-state index in [1.807, 2.05) is 0 Å². The Labute approximate surface area is 389 Å². The number of aliphatic hydroxyl groups excluding tert-OH is 2. The number of hydrogen-bond acceptors (Lipinski definition) is 16. The van der Waals surface area contributed by atoms with Crippen LogP contribution < -0.4 is 20.4 Å². The number of carbonyl (C=O) groups excluding carboxylic acids is 3. The van der Waals surface area contributed by atoms with E-state index in [2.05, 4.69) is 22.0 Å². The fourth-order valence-corrected chi connectivity index (χ4v) is 9.60. The third-order valence-corrected chi connectivity index (χ3v) is 13.7. The van der Waals surface area contributed by atoms with Crippen molar-refractivity contribution >= 4 is 50.9 Å². The molecule has 2 aromatic carbocycles. The summed E-state index contributed by atoms with van der Waals surface area (Å²) in [6.45, 7) is 18.6. The van der Waals surface area contributed by atoms with Crippen molar-refractivity contribution in [2.45, 2.75) is 98.9 Å². The highest BCUT2D eigenvalue weighted by molar-refractivity contribution is 6.22. The standard InChI is InChI=1S/C50H62N4O13/c1-11-16-53-17-19-54(20-18-53)31-22-32(56)38-34(23-31)66-47-39(51-38)35-36-43(59)29(7)46-37(35)48(61)50(9,67-46)64-21-15-33(63-10)26(4)45(65-30(8)55)28(6)42(58)27(5)41(57)24(2)13-12-14-25(3)49(62)52-40(47)44(36)60/h12-15,21-24,26-28,33,41-42,45,56-59H,11,16-20H2,1-10H3,(H,52,62)/b13-12+,21-15+,25-14-/t24-,26+,27+,28+,33-,41-,42+,45+,50-/m0/s1. The Morgan fingerprint density at radius 1 is 0.970 bits per heavy atom. The van der Waals surface area contributed by atoms with Gasteiger partial charge in [-0.3, -0.25) is 24.1 Å². The second kappa shape index (κ2) is 19.3. The van der Waals surface area contributed by atoms with Crippen molar-refractivity contribution in [2.75, 3.05) is 50.1 Å². The van der Waals surface area contributed by atoms with E-state index in [1.165, 1.54) is 53.2 Å². The minimum atomic E-state index is -2.08. The largest absolute Gasteiger partial charge is 0.507 e. The molecule has 67 heavy (non-hydrogen) atoms. The molecule has 0 unspecified atom stereocenters. The summed E-state index contributed by atoms with van der Waals surface area (Å²) in [6, 6.07) is 3.28. The van der Waals surface area contributed by atoms with Gasteiger partial charge in [-0.05, 0) is 32.9 Å². The van der Waals surface area contributed by atoms with Crippen LogP contribution in [-0.2, 0) is 23.8 Å². The Hall–Kier alpha value is -6.01. The molecule has 0 spiro atoms. The second-order valence-electron chi connectivity index (χ2n) is 18.4. The van der Waals surface area contributed by atoms with Crippen molar-refractivity contribution in [1.82, 2.24) is 9.88 Å². The molecule has 0 radical (unpaired) electrons. The van der Waals surface area contributed by atoms with Crippen LogP contribution >= 0.6 is 0 Å². The molecule has 0 aromatic heterocycles. The molecule has 360 valence electrons. The Balaban J connectivity index is 1.43. The number of Topliss-reactive ketones (excluding diaryl/α,β-unsaturated/α-hetero) is 1. The molecule has 1 fully saturated rings. The van der Waals surface area contributed by atoms with E-state index in [4.69, 9.17) is 28.3 Å². The van der Waals surface area contributed by atoms with Crippen LogP contribution in [0.25, 0.3) is 33.3 Å².